The summed E-state index contributed by atoms with van der Waals surface area (Å²) in [7, 11) is 0. The minimum Gasteiger partial charge on any atom is -0.365 e. The zero-order valence-electron chi connectivity index (χ0n) is 18.8. The summed E-state index contributed by atoms with van der Waals surface area (Å²) in [5.74, 6) is 1.29. The van der Waals surface area contributed by atoms with Crippen molar-refractivity contribution in [1.82, 2.24) is 19.8 Å². The number of halogens is 1. The Kier molecular flexibility index (Phi) is 6.26. The molecule has 7 nitrogen and oxygen atoms in total. The van der Waals surface area contributed by atoms with Crippen molar-refractivity contribution in [3.05, 3.63) is 22.5 Å². The topological polar surface area (TPSA) is 72.5 Å². The molecule has 1 N–H and O–H groups in total. The van der Waals surface area contributed by atoms with Crippen molar-refractivity contribution in [2.75, 3.05) is 37.6 Å². The van der Waals surface area contributed by atoms with Crippen molar-refractivity contribution in [2.24, 2.45) is 5.92 Å². The van der Waals surface area contributed by atoms with Gasteiger partial charge in [0.05, 0.1) is 27.8 Å². The van der Waals surface area contributed by atoms with Gasteiger partial charge in [-0.05, 0) is 38.3 Å². The van der Waals surface area contributed by atoms with Gasteiger partial charge in [0, 0.05) is 39.1 Å². The minimum absolute atomic E-state index is 0.0503. The van der Waals surface area contributed by atoms with Crippen molar-refractivity contribution in [3.63, 3.8) is 0 Å². The normalized spacial score (nSPS) is 25.3. The highest BCUT2D eigenvalue weighted by Crippen LogP contribution is 2.38. The highest BCUT2D eigenvalue weighted by molar-refractivity contribution is 6.37. The van der Waals surface area contributed by atoms with Gasteiger partial charge in [0.1, 0.15) is 11.3 Å². The Hall–Kier alpha value is -2.12. The molecule has 4 rings (SSSR count). The molecule has 1 aromatic carbocycles. The molecule has 3 unspecified atom stereocenters. The van der Waals surface area contributed by atoms with Crippen LogP contribution in [0.25, 0.3) is 11.0 Å². The van der Waals surface area contributed by atoms with Gasteiger partial charge in [0.2, 0.25) is 5.91 Å². The molecule has 31 heavy (non-hydrogen) atoms. The summed E-state index contributed by atoms with van der Waals surface area (Å²) in [5, 5.41) is 0.456. The van der Waals surface area contributed by atoms with Crippen LogP contribution in [0.1, 0.15) is 62.8 Å². The standard InChI is InChI=1S/C23H32ClN5O2/c1-5-27-8-9-28(15(3)12-27)19-11-18-22(17(13-30)21(19)24)26-23(25-18)20-10-14(2)6-7-29(20)16(4)31/h11,13-15,20H,5-10,12H2,1-4H3,(H,25,26). The molecule has 2 saturated heterocycles. The first-order chi connectivity index (χ1) is 14.8. The van der Waals surface area contributed by atoms with E-state index in [4.69, 9.17) is 16.6 Å². The molecule has 0 radical (unpaired) electrons. The number of hydrogen-bond acceptors (Lipinski definition) is 5. The van der Waals surface area contributed by atoms with Crippen molar-refractivity contribution in [1.29, 1.82) is 0 Å². The number of piperidine rings is 1. The largest absolute Gasteiger partial charge is 0.365 e. The van der Waals surface area contributed by atoms with E-state index in [1.54, 1.807) is 6.92 Å². The second-order valence-corrected chi connectivity index (χ2v) is 9.43. The van der Waals surface area contributed by atoms with E-state index in [2.05, 4.69) is 35.6 Å². The molecule has 0 aliphatic carbocycles. The molecule has 2 fully saturated rings. The second kappa shape index (κ2) is 8.79. The summed E-state index contributed by atoms with van der Waals surface area (Å²) in [6.45, 7) is 12.7. The van der Waals surface area contributed by atoms with Crippen LogP contribution in [0.2, 0.25) is 5.02 Å². The van der Waals surface area contributed by atoms with Crippen molar-refractivity contribution < 1.29 is 9.59 Å². The molecule has 0 spiro atoms. The summed E-state index contributed by atoms with van der Waals surface area (Å²) < 4.78 is 0. The number of fused-ring (bicyclic) bond motifs is 1. The van der Waals surface area contributed by atoms with Gasteiger partial charge in [-0.3, -0.25) is 14.5 Å². The number of aromatic amines is 1. The molecule has 2 aliphatic rings. The van der Waals surface area contributed by atoms with E-state index in [1.165, 1.54) is 0 Å². The van der Waals surface area contributed by atoms with E-state index >= 15 is 0 Å². The van der Waals surface area contributed by atoms with Crippen LogP contribution in [0.15, 0.2) is 6.07 Å². The molecule has 3 heterocycles. The maximum atomic E-state index is 12.2. The van der Waals surface area contributed by atoms with Gasteiger partial charge in [-0.1, -0.05) is 25.4 Å². The number of H-pyrrole nitrogens is 1. The lowest BCUT2D eigenvalue weighted by Gasteiger charge is -2.41. The van der Waals surface area contributed by atoms with Gasteiger partial charge in [-0.25, -0.2) is 4.98 Å². The molecule has 1 aromatic heterocycles. The maximum absolute atomic E-state index is 12.2. The molecule has 0 bridgehead atoms. The number of rotatable bonds is 4. The maximum Gasteiger partial charge on any atom is 0.220 e. The summed E-state index contributed by atoms with van der Waals surface area (Å²) in [5.41, 5.74) is 2.67. The Labute approximate surface area is 188 Å². The molecule has 1 amide bonds. The van der Waals surface area contributed by atoms with Crippen molar-refractivity contribution >= 4 is 40.5 Å². The number of aldehydes is 1. The van der Waals surface area contributed by atoms with Crippen molar-refractivity contribution in [2.45, 2.75) is 52.6 Å². The number of carbonyl (C=O) groups excluding carboxylic acids is 2. The number of carbonyl (C=O) groups is 2. The number of likely N-dealkylation sites (N-methyl/N-ethyl adjacent to an activating group) is 1. The Morgan fingerprint density at radius 2 is 2.10 bits per heavy atom. The number of hydrogen-bond donors (Lipinski definition) is 1. The van der Waals surface area contributed by atoms with Gasteiger partial charge in [-0.15, -0.1) is 0 Å². The quantitative estimate of drug-likeness (QED) is 0.723. The number of amides is 1. The van der Waals surface area contributed by atoms with Crippen LogP contribution < -0.4 is 4.90 Å². The van der Waals surface area contributed by atoms with E-state index in [0.29, 0.717) is 22.0 Å². The van der Waals surface area contributed by atoms with Gasteiger partial charge in [-0.2, -0.15) is 0 Å². The number of piperazine rings is 1. The number of benzene rings is 1. The Balaban J connectivity index is 1.76. The Morgan fingerprint density at radius 1 is 1.32 bits per heavy atom. The van der Waals surface area contributed by atoms with Crippen LogP contribution in [-0.4, -0.2) is 70.7 Å². The average molecular weight is 446 g/mol. The van der Waals surface area contributed by atoms with Crippen LogP contribution >= 0.6 is 11.6 Å². The molecule has 168 valence electrons. The minimum atomic E-state index is -0.109. The zero-order chi connectivity index (χ0) is 22.3. The number of likely N-dealkylation sites (tertiary alicyclic amines) is 1. The third-order valence-corrected chi connectivity index (χ3v) is 7.32. The smallest absolute Gasteiger partial charge is 0.220 e. The molecular formula is C23H32ClN5O2. The van der Waals surface area contributed by atoms with E-state index in [0.717, 1.165) is 68.9 Å². The van der Waals surface area contributed by atoms with E-state index < -0.39 is 0 Å². The Bertz CT molecular complexity index is 990. The number of aromatic nitrogens is 2. The number of imidazole rings is 1. The lowest BCUT2D eigenvalue weighted by Crippen LogP contribution is -2.52. The fraction of sp³-hybridized carbons (Fsp3) is 0.609. The highest BCUT2D eigenvalue weighted by Gasteiger charge is 2.33. The van der Waals surface area contributed by atoms with Crippen LogP contribution in [0, 0.1) is 5.92 Å². The number of anilines is 1. The summed E-state index contributed by atoms with van der Waals surface area (Å²) in [6.07, 6.45) is 2.65. The zero-order valence-corrected chi connectivity index (χ0v) is 19.6. The fourth-order valence-electron chi connectivity index (χ4n) is 5.09. The number of nitrogens with one attached hydrogen (secondary N) is 1. The predicted octanol–water partition coefficient (Wildman–Crippen LogP) is 3.88. The first kappa shape index (κ1) is 22.1. The van der Waals surface area contributed by atoms with Gasteiger partial charge >= 0.3 is 0 Å². The third kappa shape index (κ3) is 4.05. The van der Waals surface area contributed by atoms with Crippen LogP contribution in [-0.2, 0) is 4.79 Å². The molecular weight excluding hydrogens is 414 g/mol. The van der Waals surface area contributed by atoms with Crippen LogP contribution in [0.5, 0.6) is 0 Å². The summed E-state index contributed by atoms with van der Waals surface area (Å²) in [6, 6.07) is 2.20. The molecule has 0 saturated carbocycles. The molecule has 2 aromatic rings. The second-order valence-electron chi connectivity index (χ2n) is 9.05. The first-order valence-corrected chi connectivity index (χ1v) is 11.6. The summed E-state index contributed by atoms with van der Waals surface area (Å²) in [4.78, 5) is 39.0. The van der Waals surface area contributed by atoms with Gasteiger partial charge in [0.25, 0.3) is 0 Å². The lowest BCUT2D eigenvalue weighted by molar-refractivity contribution is -0.133. The van der Waals surface area contributed by atoms with Gasteiger partial charge in [0.15, 0.2) is 6.29 Å². The van der Waals surface area contributed by atoms with Crippen LogP contribution in [0.4, 0.5) is 5.69 Å². The van der Waals surface area contributed by atoms with Gasteiger partial charge < -0.3 is 14.8 Å². The van der Waals surface area contributed by atoms with Crippen LogP contribution in [0.3, 0.4) is 0 Å². The fourth-order valence-corrected chi connectivity index (χ4v) is 5.38. The van der Waals surface area contributed by atoms with Crippen molar-refractivity contribution in [3.8, 4) is 0 Å². The molecule has 8 heteroatoms. The lowest BCUT2D eigenvalue weighted by atomic mass is 9.92. The first-order valence-electron chi connectivity index (χ1n) is 11.3. The van der Waals surface area contributed by atoms with E-state index in [9.17, 15) is 9.59 Å². The average Bonchev–Trinajstić information content (AvgIpc) is 3.16. The van der Waals surface area contributed by atoms with E-state index in [1.807, 2.05) is 11.0 Å². The Morgan fingerprint density at radius 3 is 2.74 bits per heavy atom. The third-order valence-electron chi connectivity index (χ3n) is 6.92. The number of nitrogens with zero attached hydrogens (tertiary/aromatic N) is 4. The van der Waals surface area contributed by atoms with E-state index in [-0.39, 0.29) is 18.0 Å². The SMILES string of the molecule is CCN1CCN(c2cc3[nH]c(C4CC(C)CCN4C(C)=O)nc3c(C=O)c2Cl)C(C)C1. The molecule has 2 aliphatic heterocycles. The monoisotopic (exact) mass is 445 g/mol. The predicted molar refractivity (Wildman–Crippen MR) is 124 cm³/mol. The summed E-state index contributed by atoms with van der Waals surface area (Å²) >= 11 is 6.75. The molecule has 3 atom stereocenters. The highest BCUT2D eigenvalue weighted by atomic mass is 35.5.